The maximum atomic E-state index is 12.4. The van der Waals surface area contributed by atoms with Crippen molar-refractivity contribution < 1.29 is 32.2 Å². The number of nitrogens with one attached hydrogen (secondary N) is 2. The Balaban J connectivity index is 1.74. The summed E-state index contributed by atoms with van der Waals surface area (Å²) in [4.78, 5) is 22.6. The van der Waals surface area contributed by atoms with Crippen LogP contribution in [-0.4, -0.2) is 18.0 Å². The van der Waals surface area contributed by atoms with Gasteiger partial charge >= 0.3 is 12.1 Å². The molecule has 0 spiro atoms. The van der Waals surface area contributed by atoms with Gasteiger partial charge in [-0.25, -0.2) is 0 Å². The van der Waals surface area contributed by atoms with Gasteiger partial charge in [-0.15, -0.1) is 0 Å². The molecule has 2 amide bonds. The van der Waals surface area contributed by atoms with Crippen LogP contribution in [-0.2, 0) is 9.59 Å². The first-order valence-corrected chi connectivity index (χ1v) is 10.9. The lowest BCUT2D eigenvalue weighted by atomic mass is 10.0. The quantitative estimate of drug-likeness (QED) is 0.352. The fraction of sp³-hybridized carbons (Fsp3) is 0.231. The fourth-order valence-corrected chi connectivity index (χ4v) is 2.98. The topological polar surface area (TPSA) is 76.7 Å². The third-order valence-corrected chi connectivity index (χ3v) is 4.87. The molecule has 0 bridgehead atoms. The number of carbonyl (C=O) groups is 2. The Bertz CT molecular complexity index is 1170. The van der Waals surface area contributed by atoms with Crippen LogP contribution in [0.15, 0.2) is 66.7 Å². The molecule has 0 fully saturated rings. The molecule has 9 heteroatoms. The zero-order valence-electron chi connectivity index (χ0n) is 19.4. The van der Waals surface area contributed by atoms with Crippen molar-refractivity contribution in [3.05, 3.63) is 72.3 Å². The van der Waals surface area contributed by atoms with E-state index in [9.17, 15) is 22.8 Å². The van der Waals surface area contributed by atoms with Gasteiger partial charge in [-0.1, -0.05) is 20.8 Å². The molecule has 6 nitrogen and oxygen atoms in total. The number of amides is 2. The maximum Gasteiger partial charge on any atom is 0.471 e. The number of benzene rings is 3. The van der Waals surface area contributed by atoms with E-state index in [0.29, 0.717) is 35.1 Å². The fourth-order valence-electron chi connectivity index (χ4n) is 2.98. The highest BCUT2D eigenvalue weighted by Crippen LogP contribution is 2.33. The number of ether oxygens (including phenoxy) is 2. The minimum absolute atomic E-state index is 0.00166. The van der Waals surface area contributed by atoms with E-state index in [-0.39, 0.29) is 17.5 Å². The average molecular weight is 486 g/mol. The smallest absolute Gasteiger partial charge is 0.457 e. The molecule has 0 aliphatic carbocycles. The van der Waals surface area contributed by atoms with E-state index >= 15 is 0 Å². The average Bonchev–Trinajstić information content (AvgIpc) is 2.80. The zero-order valence-corrected chi connectivity index (χ0v) is 19.4. The first-order valence-electron chi connectivity index (χ1n) is 10.9. The van der Waals surface area contributed by atoms with Crippen molar-refractivity contribution in [3.8, 4) is 23.0 Å². The molecule has 0 unspecified atom stereocenters. The van der Waals surface area contributed by atoms with Crippen molar-refractivity contribution in [2.45, 2.75) is 39.3 Å². The number of anilines is 2. The van der Waals surface area contributed by atoms with Crippen LogP contribution in [0.25, 0.3) is 0 Å². The molecule has 3 aromatic carbocycles. The van der Waals surface area contributed by atoms with E-state index in [2.05, 4.69) is 5.32 Å². The normalized spacial score (nSPS) is 11.2. The Morgan fingerprint density at radius 2 is 1.23 bits per heavy atom. The zero-order chi connectivity index (χ0) is 25.6. The van der Waals surface area contributed by atoms with Crippen LogP contribution in [0.2, 0.25) is 0 Å². The highest BCUT2D eigenvalue weighted by atomic mass is 19.4. The Morgan fingerprint density at radius 3 is 1.63 bits per heavy atom. The summed E-state index contributed by atoms with van der Waals surface area (Å²) >= 11 is 0. The van der Waals surface area contributed by atoms with Crippen LogP contribution in [0.5, 0.6) is 23.0 Å². The van der Waals surface area contributed by atoms with Crippen molar-refractivity contribution in [1.82, 2.24) is 0 Å². The highest BCUT2D eigenvalue weighted by Gasteiger charge is 2.38. The minimum Gasteiger partial charge on any atom is -0.457 e. The molecule has 0 saturated heterocycles. The Morgan fingerprint density at radius 1 is 0.771 bits per heavy atom. The second-order valence-electron chi connectivity index (χ2n) is 8.00. The van der Waals surface area contributed by atoms with Crippen molar-refractivity contribution in [3.63, 3.8) is 0 Å². The summed E-state index contributed by atoms with van der Waals surface area (Å²) in [6.45, 7) is 5.81. The molecule has 35 heavy (non-hydrogen) atoms. The van der Waals surface area contributed by atoms with Crippen LogP contribution < -0.4 is 20.1 Å². The van der Waals surface area contributed by atoms with Crippen LogP contribution in [0.1, 0.15) is 38.7 Å². The first kappa shape index (κ1) is 25.6. The third kappa shape index (κ3) is 7.49. The molecule has 0 atom stereocenters. The van der Waals surface area contributed by atoms with Crippen molar-refractivity contribution in [1.29, 1.82) is 0 Å². The molecule has 0 radical (unpaired) electrons. The Hall–Kier alpha value is -4.01. The van der Waals surface area contributed by atoms with Gasteiger partial charge in [0, 0.05) is 23.9 Å². The lowest BCUT2D eigenvalue weighted by Gasteiger charge is -2.14. The summed E-state index contributed by atoms with van der Waals surface area (Å²) in [6.07, 6.45) is -4.58. The SMILES string of the molecule is CCC(=O)Nc1ccc(Oc2cc(Oc3ccc(NC(=O)C(F)(F)F)cc3)cc(C(C)C)c2)cc1. The summed E-state index contributed by atoms with van der Waals surface area (Å²) in [7, 11) is 0. The first-order chi connectivity index (χ1) is 16.5. The molecular formula is C26H25F3N2O4. The van der Waals surface area contributed by atoms with E-state index < -0.39 is 12.1 Å². The van der Waals surface area contributed by atoms with E-state index in [1.807, 2.05) is 26.0 Å². The van der Waals surface area contributed by atoms with Crippen molar-refractivity contribution in [2.24, 2.45) is 0 Å². The predicted octanol–water partition coefficient (Wildman–Crippen LogP) is 7.24. The summed E-state index contributed by atoms with van der Waals surface area (Å²) < 4.78 is 49.1. The minimum atomic E-state index is -4.97. The highest BCUT2D eigenvalue weighted by molar-refractivity contribution is 5.94. The van der Waals surface area contributed by atoms with Gasteiger partial charge in [0.1, 0.15) is 23.0 Å². The number of alkyl halides is 3. The number of rotatable bonds is 8. The van der Waals surface area contributed by atoms with Crippen LogP contribution in [0.4, 0.5) is 24.5 Å². The van der Waals surface area contributed by atoms with Crippen LogP contribution in [0, 0.1) is 0 Å². The lowest BCUT2D eigenvalue weighted by molar-refractivity contribution is -0.167. The number of halogens is 3. The number of carbonyl (C=O) groups excluding carboxylic acids is 2. The van der Waals surface area contributed by atoms with Crippen LogP contribution in [0.3, 0.4) is 0 Å². The Labute approximate surface area is 201 Å². The van der Waals surface area contributed by atoms with Gasteiger partial charge in [-0.3, -0.25) is 9.59 Å². The molecule has 0 aliphatic rings. The third-order valence-electron chi connectivity index (χ3n) is 4.87. The van der Waals surface area contributed by atoms with Crippen LogP contribution >= 0.6 is 0 Å². The van der Waals surface area contributed by atoms with E-state index in [1.165, 1.54) is 24.3 Å². The molecule has 3 rings (SSSR count). The van der Waals surface area contributed by atoms with Gasteiger partial charge < -0.3 is 20.1 Å². The molecule has 0 aliphatic heterocycles. The summed E-state index contributed by atoms with van der Waals surface area (Å²) in [5, 5.41) is 4.56. The lowest BCUT2D eigenvalue weighted by Crippen LogP contribution is -2.29. The number of hydrogen-bond acceptors (Lipinski definition) is 4. The van der Waals surface area contributed by atoms with E-state index in [4.69, 9.17) is 9.47 Å². The standard InChI is InChI=1S/C26H25F3N2O4/c1-4-24(32)30-18-5-9-20(10-6-18)34-22-13-17(16(2)3)14-23(15-22)35-21-11-7-19(8-12-21)31-25(33)26(27,28)29/h5-16H,4H2,1-3H3,(H,30,32)(H,31,33). The summed E-state index contributed by atoms with van der Waals surface area (Å²) in [6, 6.07) is 17.9. The molecule has 3 aromatic rings. The Kier molecular flexibility index (Phi) is 8.01. The van der Waals surface area contributed by atoms with E-state index in [1.54, 1.807) is 42.6 Å². The maximum absolute atomic E-state index is 12.4. The van der Waals surface area contributed by atoms with Gasteiger partial charge in [0.15, 0.2) is 0 Å². The van der Waals surface area contributed by atoms with Crippen molar-refractivity contribution in [2.75, 3.05) is 10.6 Å². The molecule has 0 aromatic heterocycles. The van der Waals surface area contributed by atoms with Gasteiger partial charge in [-0.05, 0) is 72.1 Å². The van der Waals surface area contributed by atoms with Crippen molar-refractivity contribution >= 4 is 23.2 Å². The predicted molar refractivity (Wildman–Crippen MR) is 127 cm³/mol. The van der Waals surface area contributed by atoms with Gasteiger partial charge in [0.05, 0.1) is 0 Å². The van der Waals surface area contributed by atoms with Gasteiger partial charge in [0.2, 0.25) is 5.91 Å². The summed E-state index contributed by atoms with van der Waals surface area (Å²) in [5.41, 5.74) is 1.62. The van der Waals surface area contributed by atoms with Gasteiger partial charge in [-0.2, -0.15) is 13.2 Å². The number of hydrogen-bond donors (Lipinski definition) is 2. The molecular weight excluding hydrogens is 461 g/mol. The molecule has 0 saturated carbocycles. The largest absolute Gasteiger partial charge is 0.471 e. The van der Waals surface area contributed by atoms with Gasteiger partial charge in [0.25, 0.3) is 0 Å². The second kappa shape index (κ2) is 10.9. The summed E-state index contributed by atoms with van der Waals surface area (Å²) in [5.74, 6) is -0.00331. The second-order valence-corrected chi connectivity index (χ2v) is 8.00. The molecule has 184 valence electrons. The molecule has 2 N–H and O–H groups in total. The monoisotopic (exact) mass is 486 g/mol. The molecule has 0 heterocycles. The van der Waals surface area contributed by atoms with E-state index in [0.717, 1.165) is 5.56 Å².